The smallest absolute Gasteiger partial charge is 0.290 e. The summed E-state index contributed by atoms with van der Waals surface area (Å²) in [6, 6.07) is 19.5. The number of fused-ring (bicyclic) bond motifs is 2. The topological polar surface area (TPSA) is 78.2 Å². The number of benzene rings is 3. The molecule has 3 aromatic carbocycles. The summed E-state index contributed by atoms with van der Waals surface area (Å²) in [4.78, 5) is 28.8. The molecule has 0 unspecified atom stereocenters. The van der Waals surface area contributed by atoms with Crippen LogP contribution in [0.1, 0.15) is 33.3 Å². The maximum absolute atomic E-state index is 13.6. The predicted molar refractivity (Wildman–Crippen MR) is 132 cm³/mol. The van der Waals surface area contributed by atoms with Crippen molar-refractivity contribution in [3.8, 4) is 17.2 Å². The van der Waals surface area contributed by atoms with E-state index in [1.165, 1.54) is 0 Å². The molecule has 0 saturated heterocycles. The minimum absolute atomic E-state index is 0.0989. The Morgan fingerprint density at radius 1 is 0.857 bits per heavy atom. The molecule has 1 aliphatic rings. The van der Waals surface area contributed by atoms with Gasteiger partial charge >= 0.3 is 0 Å². The molecule has 2 heterocycles. The molecule has 0 bridgehead atoms. The van der Waals surface area contributed by atoms with E-state index in [9.17, 15) is 9.59 Å². The fourth-order valence-corrected chi connectivity index (χ4v) is 4.62. The summed E-state index contributed by atoms with van der Waals surface area (Å²) in [6.45, 7) is 0.380. The Kier molecular flexibility index (Phi) is 5.91. The van der Waals surface area contributed by atoms with Gasteiger partial charge in [0.15, 0.2) is 16.9 Å². The minimum atomic E-state index is -0.565. The lowest BCUT2D eigenvalue weighted by Crippen LogP contribution is -2.31. The summed E-state index contributed by atoms with van der Waals surface area (Å²) in [5, 5.41) is 0.458. The molecule has 5 rings (SSSR count). The lowest BCUT2D eigenvalue weighted by atomic mass is 9.98. The van der Waals surface area contributed by atoms with Crippen molar-refractivity contribution in [2.45, 2.75) is 12.5 Å². The Morgan fingerprint density at radius 3 is 2.31 bits per heavy atom. The molecule has 35 heavy (non-hydrogen) atoms. The molecule has 1 aromatic heterocycles. The maximum Gasteiger partial charge on any atom is 0.290 e. The van der Waals surface area contributed by atoms with Crippen molar-refractivity contribution in [1.29, 1.82) is 0 Å². The number of hydrogen-bond acceptors (Lipinski definition) is 6. The molecule has 0 spiro atoms. The highest BCUT2D eigenvalue weighted by Crippen LogP contribution is 2.39. The van der Waals surface area contributed by atoms with Crippen molar-refractivity contribution in [2.24, 2.45) is 0 Å². The molecule has 1 atom stereocenters. The van der Waals surface area contributed by atoms with Crippen molar-refractivity contribution in [3.05, 3.63) is 99.4 Å². The molecule has 4 aromatic rings. The van der Waals surface area contributed by atoms with Crippen LogP contribution in [0.25, 0.3) is 11.0 Å². The third-order valence-electron chi connectivity index (χ3n) is 6.39. The monoisotopic (exact) mass is 471 g/mol. The molecule has 7 heteroatoms. The van der Waals surface area contributed by atoms with E-state index in [4.69, 9.17) is 18.6 Å². The number of hydrogen-bond donors (Lipinski definition) is 0. The zero-order valence-electron chi connectivity index (χ0n) is 19.7. The van der Waals surface area contributed by atoms with Crippen molar-refractivity contribution < 1.29 is 23.4 Å². The lowest BCUT2D eigenvalue weighted by molar-refractivity contribution is 0.0730. The number of rotatable bonds is 7. The summed E-state index contributed by atoms with van der Waals surface area (Å²) in [5.41, 5.74) is 2.37. The Bertz CT molecular complexity index is 1460. The van der Waals surface area contributed by atoms with E-state index >= 15 is 0 Å². The Hall–Kier alpha value is -4.26. The second kappa shape index (κ2) is 9.18. The van der Waals surface area contributed by atoms with Gasteiger partial charge in [-0.3, -0.25) is 9.59 Å². The lowest BCUT2D eigenvalue weighted by Gasteiger charge is -2.25. The van der Waals surface area contributed by atoms with Crippen LogP contribution in [0.2, 0.25) is 0 Å². The van der Waals surface area contributed by atoms with Gasteiger partial charge in [-0.2, -0.15) is 0 Å². The SMILES string of the molecule is COc1ccc([C@H]2c3c(oc4ccccc4c3=O)C(=O)N2CCc2ccc(OC)c(OC)c2)cc1. The number of amides is 1. The number of para-hydroxylation sites is 1. The van der Waals surface area contributed by atoms with Crippen LogP contribution in [-0.2, 0) is 6.42 Å². The summed E-state index contributed by atoms with van der Waals surface area (Å²) >= 11 is 0. The highest BCUT2D eigenvalue weighted by atomic mass is 16.5. The fraction of sp³-hybridized carbons (Fsp3) is 0.214. The van der Waals surface area contributed by atoms with E-state index in [0.717, 1.165) is 11.1 Å². The van der Waals surface area contributed by atoms with Crippen molar-refractivity contribution >= 4 is 16.9 Å². The van der Waals surface area contributed by atoms with Gasteiger partial charge in [-0.1, -0.05) is 30.3 Å². The Labute approximate surface area is 202 Å². The Morgan fingerprint density at radius 2 is 1.60 bits per heavy atom. The normalized spacial score (nSPS) is 14.8. The van der Waals surface area contributed by atoms with Crippen molar-refractivity contribution in [1.82, 2.24) is 4.90 Å². The third-order valence-corrected chi connectivity index (χ3v) is 6.39. The van der Waals surface area contributed by atoms with Crippen LogP contribution in [0.15, 0.2) is 75.9 Å². The number of carbonyl (C=O) groups excluding carboxylic acids is 1. The summed E-state index contributed by atoms with van der Waals surface area (Å²) in [5.74, 6) is 1.75. The van der Waals surface area contributed by atoms with Gasteiger partial charge in [0.2, 0.25) is 5.76 Å². The summed E-state index contributed by atoms with van der Waals surface area (Å²) < 4.78 is 22.0. The van der Waals surface area contributed by atoms with E-state index in [1.807, 2.05) is 42.5 Å². The number of carbonyl (C=O) groups is 1. The van der Waals surface area contributed by atoms with Gasteiger partial charge in [-0.25, -0.2) is 0 Å². The molecule has 0 fully saturated rings. The van der Waals surface area contributed by atoms with Crippen molar-refractivity contribution in [2.75, 3.05) is 27.9 Å². The van der Waals surface area contributed by atoms with Crippen LogP contribution in [0.5, 0.6) is 17.2 Å². The molecule has 0 radical (unpaired) electrons. The van der Waals surface area contributed by atoms with E-state index in [0.29, 0.717) is 46.7 Å². The highest BCUT2D eigenvalue weighted by molar-refractivity contribution is 5.99. The van der Waals surface area contributed by atoms with E-state index in [-0.39, 0.29) is 17.1 Å². The van der Waals surface area contributed by atoms with Gasteiger partial charge in [-0.15, -0.1) is 0 Å². The van der Waals surface area contributed by atoms with Gasteiger partial charge < -0.3 is 23.5 Å². The standard InChI is InChI=1S/C28H25NO6/c1-32-19-11-9-18(10-12-19)25-24-26(30)20-6-4-5-7-21(20)35-27(24)28(31)29(25)15-14-17-8-13-22(33-2)23(16-17)34-3/h4-13,16,25H,14-15H2,1-3H3/t25-/m0/s1. The highest BCUT2D eigenvalue weighted by Gasteiger charge is 2.42. The zero-order chi connectivity index (χ0) is 24.5. The molecule has 1 amide bonds. The third kappa shape index (κ3) is 3.89. The first-order chi connectivity index (χ1) is 17.0. The number of ether oxygens (including phenoxy) is 3. The number of methoxy groups -OCH3 is 3. The fourth-order valence-electron chi connectivity index (χ4n) is 4.62. The molecule has 7 nitrogen and oxygen atoms in total. The van der Waals surface area contributed by atoms with E-state index in [2.05, 4.69) is 0 Å². The van der Waals surface area contributed by atoms with Gasteiger partial charge in [0, 0.05) is 6.54 Å². The first kappa shape index (κ1) is 22.5. The first-order valence-corrected chi connectivity index (χ1v) is 11.3. The molecule has 0 saturated carbocycles. The summed E-state index contributed by atoms with van der Waals surface area (Å²) in [6.07, 6.45) is 0.556. The van der Waals surface area contributed by atoms with Crippen molar-refractivity contribution in [3.63, 3.8) is 0 Å². The molecule has 0 N–H and O–H groups in total. The maximum atomic E-state index is 13.6. The molecular formula is C28H25NO6. The molecular weight excluding hydrogens is 446 g/mol. The largest absolute Gasteiger partial charge is 0.497 e. The van der Waals surface area contributed by atoms with Gasteiger partial charge in [0.1, 0.15) is 11.3 Å². The summed E-state index contributed by atoms with van der Waals surface area (Å²) in [7, 11) is 4.77. The van der Waals surface area contributed by atoms with Crippen LogP contribution in [0.4, 0.5) is 0 Å². The average Bonchev–Trinajstić information content (AvgIpc) is 3.18. The van der Waals surface area contributed by atoms with E-state index in [1.54, 1.807) is 50.5 Å². The van der Waals surface area contributed by atoms with Crippen LogP contribution >= 0.6 is 0 Å². The first-order valence-electron chi connectivity index (χ1n) is 11.3. The minimum Gasteiger partial charge on any atom is -0.497 e. The second-order valence-corrected chi connectivity index (χ2v) is 8.28. The van der Waals surface area contributed by atoms with Crippen LogP contribution in [0, 0.1) is 0 Å². The zero-order valence-corrected chi connectivity index (χ0v) is 19.7. The molecule has 178 valence electrons. The second-order valence-electron chi connectivity index (χ2n) is 8.28. The van der Waals surface area contributed by atoms with Gasteiger partial charge in [0.05, 0.1) is 38.3 Å². The van der Waals surface area contributed by atoms with Crippen LogP contribution < -0.4 is 19.6 Å². The average molecular weight is 472 g/mol. The van der Waals surface area contributed by atoms with Gasteiger partial charge in [-0.05, 0) is 53.9 Å². The van der Waals surface area contributed by atoms with Crippen LogP contribution in [0.3, 0.4) is 0 Å². The number of nitrogens with zero attached hydrogens (tertiary/aromatic N) is 1. The predicted octanol–water partition coefficient (Wildman–Crippen LogP) is 4.61. The van der Waals surface area contributed by atoms with E-state index < -0.39 is 6.04 Å². The molecule has 1 aliphatic heterocycles. The van der Waals surface area contributed by atoms with Crippen LogP contribution in [-0.4, -0.2) is 38.7 Å². The van der Waals surface area contributed by atoms with Gasteiger partial charge in [0.25, 0.3) is 5.91 Å². The molecule has 0 aliphatic carbocycles. The quantitative estimate of drug-likeness (QED) is 0.392. The Balaban J connectivity index is 1.57.